The molecule has 108 valence electrons. The first-order chi connectivity index (χ1) is 9.27. The van der Waals surface area contributed by atoms with Gasteiger partial charge in [0.05, 0.1) is 16.7 Å². The van der Waals surface area contributed by atoms with Gasteiger partial charge in [-0.25, -0.2) is 4.39 Å². The topological polar surface area (TPSA) is 110 Å². The Bertz CT molecular complexity index is 547. The summed E-state index contributed by atoms with van der Waals surface area (Å²) in [6, 6.07) is 2.72. The summed E-state index contributed by atoms with van der Waals surface area (Å²) in [6.45, 7) is 1.59. The third-order valence-corrected chi connectivity index (χ3v) is 2.43. The van der Waals surface area contributed by atoms with Crippen LogP contribution in [0.4, 0.5) is 15.8 Å². The van der Waals surface area contributed by atoms with Crippen molar-refractivity contribution in [2.75, 3.05) is 5.32 Å². The number of aliphatic carboxylic acids is 1. The van der Waals surface area contributed by atoms with Crippen LogP contribution >= 0.6 is 0 Å². The summed E-state index contributed by atoms with van der Waals surface area (Å²) >= 11 is 0. The highest BCUT2D eigenvalue weighted by Crippen LogP contribution is 2.20. The molecule has 1 aromatic carbocycles. The first-order valence-corrected chi connectivity index (χ1v) is 5.74. The van der Waals surface area contributed by atoms with Crippen LogP contribution in [0.5, 0.6) is 0 Å². The molecule has 8 heteroatoms. The van der Waals surface area contributed by atoms with Gasteiger partial charge in [-0.15, -0.1) is 0 Å². The van der Waals surface area contributed by atoms with E-state index in [1.54, 1.807) is 6.92 Å². The van der Waals surface area contributed by atoms with Crippen LogP contribution < -0.4 is 5.32 Å². The number of carbonyl (C=O) groups excluding carboxylic acids is 1. The summed E-state index contributed by atoms with van der Waals surface area (Å²) in [5, 5.41) is 21.4. The molecule has 1 unspecified atom stereocenters. The number of non-ortho nitro benzene ring substituents is 1. The number of hydrogen-bond donors (Lipinski definition) is 2. The highest BCUT2D eigenvalue weighted by Gasteiger charge is 2.15. The van der Waals surface area contributed by atoms with Crippen LogP contribution in [-0.4, -0.2) is 21.9 Å². The van der Waals surface area contributed by atoms with Gasteiger partial charge in [-0.2, -0.15) is 0 Å². The normalized spacial score (nSPS) is 11.7. The lowest BCUT2D eigenvalue weighted by atomic mass is 10.0. The lowest BCUT2D eigenvalue weighted by Gasteiger charge is -2.09. The van der Waals surface area contributed by atoms with Crippen LogP contribution in [0, 0.1) is 21.8 Å². The van der Waals surface area contributed by atoms with Crippen LogP contribution in [0.15, 0.2) is 18.2 Å². The van der Waals surface area contributed by atoms with E-state index in [2.05, 4.69) is 5.32 Å². The minimum absolute atomic E-state index is 0.0378. The van der Waals surface area contributed by atoms with Crippen LogP contribution in [0.25, 0.3) is 0 Å². The smallest absolute Gasteiger partial charge is 0.303 e. The largest absolute Gasteiger partial charge is 0.481 e. The number of carboxylic acids is 1. The molecule has 0 saturated heterocycles. The molecule has 0 heterocycles. The second-order valence-electron chi connectivity index (χ2n) is 4.41. The van der Waals surface area contributed by atoms with Gasteiger partial charge < -0.3 is 10.4 Å². The number of halogens is 1. The number of nitrogens with one attached hydrogen (secondary N) is 1. The highest BCUT2D eigenvalue weighted by atomic mass is 19.1. The summed E-state index contributed by atoms with van der Waals surface area (Å²) in [6.07, 6.45) is -0.243. The molecule has 1 amide bonds. The van der Waals surface area contributed by atoms with Crippen LogP contribution in [-0.2, 0) is 9.59 Å². The lowest BCUT2D eigenvalue weighted by Crippen LogP contribution is -2.17. The number of nitro benzene ring substituents is 1. The van der Waals surface area contributed by atoms with Gasteiger partial charge in [-0.05, 0) is 12.0 Å². The van der Waals surface area contributed by atoms with Crippen molar-refractivity contribution >= 4 is 23.3 Å². The van der Waals surface area contributed by atoms with Crippen molar-refractivity contribution in [3.05, 3.63) is 34.1 Å². The SMILES string of the molecule is CC(CC(=O)O)CC(=O)Nc1cc(F)cc([N+](=O)[O-])c1. The molecule has 1 rings (SSSR count). The molecule has 1 atom stereocenters. The Morgan fingerprint density at radius 2 is 2.05 bits per heavy atom. The maximum absolute atomic E-state index is 13.1. The summed E-state index contributed by atoms with van der Waals surface area (Å²) in [5.74, 6) is -2.78. The molecule has 0 fully saturated rings. The monoisotopic (exact) mass is 284 g/mol. The molecular weight excluding hydrogens is 271 g/mol. The number of carbonyl (C=O) groups is 2. The van der Waals surface area contributed by atoms with E-state index in [1.807, 2.05) is 0 Å². The number of anilines is 1. The fourth-order valence-corrected chi connectivity index (χ4v) is 1.65. The van der Waals surface area contributed by atoms with Crippen molar-refractivity contribution in [3.8, 4) is 0 Å². The molecule has 0 aliphatic carbocycles. The second-order valence-corrected chi connectivity index (χ2v) is 4.41. The predicted octanol–water partition coefficient (Wildman–Crippen LogP) is 2.17. The molecule has 1 aromatic rings. The van der Waals surface area contributed by atoms with E-state index in [0.29, 0.717) is 0 Å². The first-order valence-electron chi connectivity index (χ1n) is 5.74. The van der Waals surface area contributed by atoms with Crippen molar-refractivity contribution in [2.45, 2.75) is 19.8 Å². The Labute approximate surface area is 113 Å². The summed E-state index contributed by atoms with van der Waals surface area (Å²) in [5.41, 5.74) is -0.511. The predicted molar refractivity (Wildman–Crippen MR) is 67.7 cm³/mol. The quantitative estimate of drug-likeness (QED) is 0.614. The average molecular weight is 284 g/mol. The van der Waals surface area contributed by atoms with Crippen molar-refractivity contribution in [1.29, 1.82) is 0 Å². The zero-order chi connectivity index (χ0) is 15.3. The summed E-state index contributed by atoms with van der Waals surface area (Å²) in [4.78, 5) is 31.8. The van der Waals surface area contributed by atoms with Crippen molar-refractivity contribution < 1.29 is 24.0 Å². The fraction of sp³-hybridized carbons (Fsp3) is 0.333. The Morgan fingerprint density at radius 3 is 2.60 bits per heavy atom. The van der Waals surface area contributed by atoms with E-state index in [-0.39, 0.29) is 18.5 Å². The molecule has 0 aromatic heterocycles. The second kappa shape index (κ2) is 6.60. The molecule has 0 bridgehead atoms. The molecule has 7 nitrogen and oxygen atoms in total. The number of rotatable bonds is 6. The molecule has 2 N–H and O–H groups in total. The van der Waals surface area contributed by atoms with Crippen molar-refractivity contribution in [3.63, 3.8) is 0 Å². The number of carboxylic acid groups (broad SMARTS) is 1. The van der Waals surface area contributed by atoms with E-state index < -0.39 is 34.2 Å². The maximum atomic E-state index is 13.1. The average Bonchev–Trinajstić information content (AvgIpc) is 2.25. The zero-order valence-electron chi connectivity index (χ0n) is 10.6. The van der Waals surface area contributed by atoms with Gasteiger partial charge in [0.25, 0.3) is 5.69 Å². The molecule has 0 radical (unpaired) electrons. The first kappa shape index (κ1) is 15.5. The minimum Gasteiger partial charge on any atom is -0.481 e. The maximum Gasteiger partial charge on any atom is 0.303 e. The lowest BCUT2D eigenvalue weighted by molar-refractivity contribution is -0.385. The van der Waals surface area contributed by atoms with E-state index in [9.17, 15) is 24.1 Å². The number of nitrogens with zero attached hydrogens (tertiary/aromatic N) is 1. The molecule has 0 saturated carbocycles. The van der Waals surface area contributed by atoms with Gasteiger partial charge in [0, 0.05) is 18.9 Å². The van der Waals surface area contributed by atoms with Crippen LogP contribution in [0.1, 0.15) is 19.8 Å². The minimum atomic E-state index is -1.02. The van der Waals surface area contributed by atoms with E-state index in [1.165, 1.54) is 0 Å². The standard InChI is InChI=1S/C12H13FN2O5/c1-7(3-12(17)18)2-11(16)14-9-4-8(13)5-10(6-9)15(19)20/h4-7H,2-3H2,1H3,(H,14,16)(H,17,18). The van der Waals surface area contributed by atoms with Gasteiger partial charge in [0.1, 0.15) is 5.82 Å². The van der Waals surface area contributed by atoms with Crippen molar-refractivity contribution in [2.24, 2.45) is 5.92 Å². The Balaban J connectivity index is 2.71. The van der Waals surface area contributed by atoms with E-state index in [0.717, 1.165) is 18.2 Å². The Kier molecular flexibility index (Phi) is 5.13. The molecule has 0 spiro atoms. The Hall–Kier alpha value is -2.51. The number of amides is 1. The Morgan fingerprint density at radius 1 is 1.40 bits per heavy atom. The van der Waals surface area contributed by atoms with Crippen LogP contribution in [0.3, 0.4) is 0 Å². The van der Waals surface area contributed by atoms with E-state index in [4.69, 9.17) is 5.11 Å². The van der Waals surface area contributed by atoms with Gasteiger partial charge in [-0.1, -0.05) is 6.92 Å². The summed E-state index contributed by atoms with van der Waals surface area (Å²) < 4.78 is 13.1. The molecule has 20 heavy (non-hydrogen) atoms. The third kappa shape index (κ3) is 5.01. The van der Waals surface area contributed by atoms with Crippen LogP contribution in [0.2, 0.25) is 0 Å². The van der Waals surface area contributed by atoms with Crippen molar-refractivity contribution in [1.82, 2.24) is 0 Å². The number of hydrogen-bond acceptors (Lipinski definition) is 4. The van der Waals surface area contributed by atoms with Gasteiger partial charge in [-0.3, -0.25) is 19.7 Å². The number of benzene rings is 1. The molecular formula is C12H13FN2O5. The third-order valence-electron chi connectivity index (χ3n) is 2.43. The number of nitro groups is 1. The highest BCUT2D eigenvalue weighted by molar-refractivity contribution is 5.91. The van der Waals surface area contributed by atoms with Gasteiger partial charge in [0.15, 0.2) is 0 Å². The van der Waals surface area contributed by atoms with Gasteiger partial charge >= 0.3 is 5.97 Å². The van der Waals surface area contributed by atoms with Gasteiger partial charge in [0.2, 0.25) is 5.91 Å². The fourth-order valence-electron chi connectivity index (χ4n) is 1.65. The molecule has 0 aliphatic heterocycles. The molecule has 0 aliphatic rings. The van der Waals surface area contributed by atoms with E-state index >= 15 is 0 Å². The summed E-state index contributed by atoms with van der Waals surface area (Å²) in [7, 11) is 0. The zero-order valence-corrected chi connectivity index (χ0v) is 10.6.